The van der Waals surface area contributed by atoms with Crippen molar-refractivity contribution >= 4 is 11.9 Å². The first-order valence-electron chi connectivity index (χ1n) is 5.40. The Morgan fingerprint density at radius 2 is 1.72 bits per heavy atom. The van der Waals surface area contributed by atoms with E-state index in [1.807, 2.05) is 0 Å². The number of carbonyl (C=O) groups excluding carboxylic acids is 2. The number of hydrogen-bond donors (Lipinski definition) is 0. The van der Waals surface area contributed by atoms with Crippen LogP contribution in [0.4, 0.5) is 0 Å². The minimum Gasteiger partial charge on any atom is -0.458 e. The van der Waals surface area contributed by atoms with Crippen molar-refractivity contribution in [2.45, 2.75) is 20.3 Å². The van der Waals surface area contributed by atoms with Crippen LogP contribution in [-0.4, -0.2) is 18.5 Å². The largest absolute Gasteiger partial charge is 0.458 e. The smallest absolute Gasteiger partial charge is 0.338 e. The fourth-order valence-corrected chi connectivity index (χ4v) is 0.958. The molecule has 0 aromatic carbocycles. The Hall–Kier alpha value is -2.10. The molecule has 0 spiro atoms. The van der Waals surface area contributed by atoms with Crippen molar-refractivity contribution in [3.05, 3.63) is 48.8 Å². The van der Waals surface area contributed by atoms with Gasteiger partial charge >= 0.3 is 11.9 Å². The minimum atomic E-state index is -0.581. The van der Waals surface area contributed by atoms with E-state index in [0.717, 1.165) is 0 Å². The van der Waals surface area contributed by atoms with Gasteiger partial charge in [-0.25, -0.2) is 9.59 Å². The Morgan fingerprint density at radius 1 is 1.11 bits per heavy atom. The molecule has 0 N–H and O–H groups in total. The average Bonchev–Trinajstić information content (AvgIpc) is 2.34. The number of ether oxygens (including phenoxy) is 2. The van der Waals surface area contributed by atoms with Gasteiger partial charge in [0.15, 0.2) is 0 Å². The summed E-state index contributed by atoms with van der Waals surface area (Å²) in [7, 11) is 0. The van der Waals surface area contributed by atoms with Gasteiger partial charge in [-0.05, 0) is 13.8 Å². The van der Waals surface area contributed by atoms with Crippen molar-refractivity contribution in [3.63, 3.8) is 0 Å². The van der Waals surface area contributed by atoms with Crippen molar-refractivity contribution in [2.24, 2.45) is 0 Å². The van der Waals surface area contributed by atoms with Gasteiger partial charge in [0.1, 0.15) is 12.4 Å². The Balaban J connectivity index is 4.97. The van der Waals surface area contributed by atoms with Gasteiger partial charge in [-0.15, -0.1) is 6.58 Å². The summed E-state index contributed by atoms with van der Waals surface area (Å²) in [6.07, 6.45) is 3.25. The summed E-state index contributed by atoms with van der Waals surface area (Å²) in [4.78, 5) is 23.0. The summed E-state index contributed by atoms with van der Waals surface area (Å²) in [6, 6.07) is 0. The minimum absolute atomic E-state index is 0.103. The van der Waals surface area contributed by atoms with Gasteiger partial charge in [0.05, 0.1) is 5.57 Å². The lowest BCUT2D eigenvalue weighted by molar-refractivity contribution is -0.138. The monoisotopic (exact) mass is 250 g/mol. The van der Waals surface area contributed by atoms with Crippen molar-refractivity contribution in [2.75, 3.05) is 6.61 Å². The van der Waals surface area contributed by atoms with E-state index in [0.29, 0.717) is 0 Å². The predicted molar refractivity (Wildman–Crippen MR) is 69.6 cm³/mol. The van der Waals surface area contributed by atoms with Gasteiger partial charge in [0.25, 0.3) is 0 Å². The summed E-state index contributed by atoms with van der Waals surface area (Å²) in [5.41, 5.74) is 0.482. The zero-order chi connectivity index (χ0) is 14.1. The standard InChI is InChI=1S/C14H18O4/c1-6-8-12(18-13(15)10(3)4)11(5)14(16)17-9-7-2/h6-7H,1-3,8-9H2,4-5H3. The van der Waals surface area contributed by atoms with Crippen molar-refractivity contribution < 1.29 is 19.1 Å². The van der Waals surface area contributed by atoms with E-state index in [4.69, 9.17) is 9.47 Å². The lowest BCUT2D eigenvalue weighted by atomic mass is 10.2. The van der Waals surface area contributed by atoms with Gasteiger partial charge in [0, 0.05) is 12.0 Å². The van der Waals surface area contributed by atoms with Crippen LogP contribution in [0.15, 0.2) is 48.8 Å². The van der Waals surface area contributed by atoms with E-state index in [1.165, 1.54) is 26.0 Å². The van der Waals surface area contributed by atoms with Crippen molar-refractivity contribution in [3.8, 4) is 0 Å². The van der Waals surface area contributed by atoms with Gasteiger partial charge in [-0.3, -0.25) is 0 Å². The fraction of sp³-hybridized carbons (Fsp3) is 0.286. The Morgan fingerprint density at radius 3 is 2.17 bits per heavy atom. The molecule has 18 heavy (non-hydrogen) atoms. The molecule has 0 atom stereocenters. The molecule has 0 rings (SSSR count). The fourth-order valence-electron chi connectivity index (χ4n) is 0.958. The van der Waals surface area contributed by atoms with Crippen LogP contribution >= 0.6 is 0 Å². The molecule has 0 aromatic rings. The average molecular weight is 250 g/mol. The molecule has 0 amide bonds. The number of allylic oxidation sites excluding steroid dienone is 1. The second-order valence-corrected chi connectivity index (χ2v) is 3.60. The highest BCUT2D eigenvalue weighted by molar-refractivity contribution is 5.91. The third-order valence-electron chi connectivity index (χ3n) is 1.95. The number of hydrogen-bond acceptors (Lipinski definition) is 4. The molecular formula is C14H18O4. The SMILES string of the molecule is C=CCOC(=O)C(C)=C(CC=C)OC(=O)C(=C)C. The van der Waals surface area contributed by atoms with Crippen molar-refractivity contribution in [1.82, 2.24) is 0 Å². The van der Waals surface area contributed by atoms with E-state index < -0.39 is 11.9 Å². The first-order valence-corrected chi connectivity index (χ1v) is 5.40. The van der Waals surface area contributed by atoms with E-state index >= 15 is 0 Å². The lowest BCUT2D eigenvalue weighted by Gasteiger charge is -2.10. The topological polar surface area (TPSA) is 52.6 Å². The molecule has 0 saturated carbocycles. The number of carbonyl (C=O) groups is 2. The van der Waals surface area contributed by atoms with Gasteiger partial charge in [-0.1, -0.05) is 25.3 Å². The van der Waals surface area contributed by atoms with E-state index in [9.17, 15) is 9.59 Å². The molecule has 0 aliphatic carbocycles. The first kappa shape index (κ1) is 15.9. The quantitative estimate of drug-likeness (QED) is 0.302. The zero-order valence-electron chi connectivity index (χ0n) is 10.8. The van der Waals surface area contributed by atoms with Crippen LogP contribution in [-0.2, 0) is 19.1 Å². The molecule has 0 saturated heterocycles. The zero-order valence-corrected chi connectivity index (χ0v) is 10.8. The first-order chi connectivity index (χ1) is 8.43. The third-order valence-corrected chi connectivity index (χ3v) is 1.95. The predicted octanol–water partition coefficient (Wildman–Crippen LogP) is 2.69. The van der Waals surface area contributed by atoms with Crippen LogP contribution in [0.25, 0.3) is 0 Å². The summed E-state index contributed by atoms with van der Waals surface area (Å²) in [6.45, 7) is 13.6. The number of rotatable bonds is 7. The normalized spacial score (nSPS) is 11.0. The Labute approximate surface area is 107 Å². The van der Waals surface area contributed by atoms with Crippen LogP contribution in [0.2, 0.25) is 0 Å². The molecule has 0 aliphatic heterocycles. The second kappa shape index (κ2) is 8.06. The molecule has 0 unspecified atom stereocenters. The van der Waals surface area contributed by atoms with E-state index in [1.54, 1.807) is 0 Å². The molecule has 0 aliphatic rings. The van der Waals surface area contributed by atoms with Gasteiger partial charge in [0.2, 0.25) is 0 Å². The highest BCUT2D eigenvalue weighted by atomic mass is 16.5. The van der Waals surface area contributed by atoms with Crippen LogP contribution in [0, 0.1) is 0 Å². The number of esters is 2. The molecule has 0 fully saturated rings. The maximum absolute atomic E-state index is 11.6. The summed E-state index contributed by atoms with van der Waals surface area (Å²) >= 11 is 0. The van der Waals surface area contributed by atoms with Crippen LogP contribution in [0.3, 0.4) is 0 Å². The summed E-state index contributed by atoms with van der Waals surface area (Å²) in [5, 5.41) is 0. The Kier molecular flexibility index (Phi) is 7.12. The molecule has 0 radical (unpaired) electrons. The summed E-state index contributed by atoms with van der Waals surface area (Å²) in [5.74, 6) is -0.920. The maximum atomic E-state index is 11.6. The van der Waals surface area contributed by atoms with Crippen LogP contribution < -0.4 is 0 Å². The molecule has 0 heterocycles. The molecule has 0 aromatic heterocycles. The maximum Gasteiger partial charge on any atom is 0.338 e. The molecular weight excluding hydrogens is 232 g/mol. The third kappa shape index (κ3) is 5.30. The van der Waals surface area contributed by atoms with Gasteiger partial charge in [-0.2, -0.15) is 0 Å². The highest BCUT2D eigenvalue weighted by Crippen LogP contribution is 2.14. The summed E-state index contributed by atoms with van der Waals surface area (Å²) < 4.78 is 9.92. The van der Waals surface area contributed by atoms with E-state index in [-0.39, 0.29) is 29.9 Å². The van der Waals surface area contributed by atoms with Crippen LogP contribution in [0.5, 0.6) is 0 Å². The Bertz CT molecular complexity index is 402. The molecule has 4 nitrogen and oxygen atoms in total. The molecule has 0 bridgehead atoms. The lowest BCUT2D eigenvalue weighted by Crippen LogP contribution is -2.12. The second-order valence-electron chi connectivity index (χ2n) is 3.60. The highest BCUT2D eigenvalue weighted by Gasteiger charge is 2.15. The molecule has 4 heteroatoms. The van der Waals surface area contributed by atoms with Crippen molar-refractivity contribution in [1.29, 1.82) is 0 Å². The van der Waals surface area contributed by atoms with Crippen LogP contribution in [0.1, 0.15) is 20.3 Å². The van der Waals surface area contributed by atoms with E-state index in [2.05, 4.69) is 19.7 Å². The van der Waals surface area contributed by atoms with Gasteiger partial charge < -0.3 is 9.47 Å². The molecule has 98 valence electrons.